The molecule has 0 aliphatic carbocycles. The Hall–Kier alpha value is 0.700. The minimum atomic E-state index is 0.424. The van der Waals surface area contributed by atoms with Crippen LogP contribution in [-0.4, -0.2) is 10.5 Å². The third-order valence-electron chi connectivity index (χ3n) is 0.975. The lowest BCUT2D eigenvalue weighted by Gasteiger charge is -2.08. The number of thiol groups is 2. The Balaban J connectivity index is 3.14. The molecule has 0 aliphatic heterocycles. The molecule has 0 radical (unpaired) electrons. The SMILES string of the molecule is CCC(S)C(C)S. The molecule has 2 atom stereocenters. The van der Waals surface area contributed by atoms with E-state index in [9.17, 15) is 0 Å². The van der Waals surface area contributed by atoms with Crippen molar-refractivity contribution < 1.29 is 0 Å². The molecule has 0 saturated heterocycles. The van der Waals surface area contributed by atoms with Gasteiger partial charge in [0.1, 0.15) is 0 Å². The van der Waals surface area contributed by atoms with Crippen LogP contribution >= 0.6 is 25.3 Å². The molecule has 7 heavy (non-hydrogen) atoms. The smallest absolute Gasteiger partial charge is 0.0128 e. The molecule has 0 bridgehead atoms. The average molecular weight is 136 g/mol. The molecular weight excluding hydrogens is 124 g/mol. The summed E-state index contributed by atoms with van der Waals surface area (Å²) in [6.07, 6.45) is 1.10. The highest BCUT2D eigenvalue weighted by atomic mass is 32.1. The molecular formula is C5H12S2. The molecule has 0 fully saturated rings. The highest BCUT2D eigenvalue weighted by molar-refractivity contribution is 7.85. The fraction of sp³-hybridized carbons (Fsp3) is 1.00. The largest absolute Gasteiger partial charge is 0.175 e. The number of hydrogen-bond acceptors (Lipinski definition) is 2. The molecule has 0 nitrogen and oxygen atoms in total. The minimum Gasteiger partial charge on any atom is -0.175 e. The second-order valence-corrected chi connectivity index (χ2v) is 3.19. The van der Waals surface area contributed by atoms with Crippen LogP contribution in [0.15, 0.2) is 0 Å². The van der Waals surface area contributed by atoms with Crippen molar-refractivity contribution in [1.82, 2.24) is 0 Å². The molecule has 0 N–H and O–H groups in total. The monoisotopic (exact) mass is 136 g/mol. The second-order valence-electron chi connectivity index (χ2n) is 1.72. The van der Waals surface area contributed by atoms with Crippen LogP contribution in [0.25, 0.3) is 0 Å². The van der Waals surface area contributed by atoms with E-state index in [4.69, 9.17) is 0 Å². The summed E-state index contributed by atoms with van der Waals surface area (Å²) in [5, 5.41) is 0.886. The Labute approximate surface area is 56.5 Å². The lowest BCUT2D eigenvalue weighted by Crippen LogP contribution is -2.08. The van der Waals surface area contributed by atoms with E-state index in [-0.39, 0.29) is 0 Å². The van der Waals surface area contributed by atoms with Gasteiger partial charge in [-0.05, 0) is 6.42 Å². The van der Waals surface area contributed by atoms with E-state index in [2.05, 4.69) is 39.1 Å². The number of hydrogen-bond donors (Lipinski definition) is 2. The van der Waals surface area contributed by atoms with Crippen LogP contribution in [0.2, 0.25) is 0 Å². The van der Waals surface area contributed by atoms with Gasteiger partial charge in [-0.2, -0.15) is 25.3 Å². The molecule has 44 valence electrons. The van der Waals surface area contributed by atoms with Gasteiger partial charge in [0.25, 0.3) is 0 Å². The minimum absolute atomic E-state index is 0.424. The molecule has 0 spiro atoms. The third-order valence-corrected chi connectivity index (χ3v) is 2.38. The van der Waals surface area contributed by atoms with Crippen molar-refractivity contribution in [3.8, 4) is 0 Å². The summed E-state index contributed by atoms with van der Waals surface area (Å²) in [4.78, 5) is 0. The van der Waals surface area contributed by atoms with E-state index in [1.165, 1.54) is 0 Å². The first-order valence-electron chi connectivity index (χ1n) is 2.54. The molecule has 2 unspecified atom stereocenters. The van der Waals surface area contributed by atoms with Crippen molar-refractivity contribution in [1.29, 1.82) is 0 Å². The zero-order valence-corrected chi connectivity index (χ0v) is 6.55. The maximum atomic E-state index is 4.25. The van der Waals surface area contributed by atoms with Crippen LogP contribution in [0.1, 0.15) is 20.3 Å². The third kappa shape index (κ3) is 3.30. The Kier molecular flexibility index (Phi) is 4.04. The summed E-state index contributed by atoms with van der Waals surface area (Å²) in [6, 6.07) is 0. The summed E-state index contributed by atoms with van der Waals surface area (Å²) >= 11 is 8.45. The maximum absolute atomic E-state index is 4.25. The topological polar surface area (TPSA) is 0 Å². The summed E-state index contributed by atoms with van der Waals surface area (Å²) < 4.78 is 0. The van der Waals surface area contributed by atoms with Gasteiger partial charge in [-0.3, -0.25) is 0 Å². The lowest BCUT2D eigenvalue weighted by atomic mass is 10.3. The first kappa shape index (κ1) is 7.70. The first-order valence-corrected chi connectivity index (χ1v) is 3.58. The molecule has 0 heterocycles. The van der Waals surface area contributed by atoms with Gasteiger partial charge in [-0.1, -0.05) is 13.8 Å². The van der Waals surface area contributed by atoms with Gasteiger partial charge in [-0.15, -0.1) is 0 Å². The van der Waals surface area contributed by atoms with Gasteiger partial charge in [0.15, 0.2) is 0 Å². The van der Waals surface area contributed by atoms with Crippen LogP contribution in [0, 0.1) is 0 Å². The van der Waals surface area contributed by atoms with Gasteiger partial charge in [0.2, 0.25) is 0 Å². The highest BCUT2D eigenvalue weighted by Gasteiger charge is 2.03. The average Bonchev–Trinajstić information content (AvgIpc) is 1.65. The highest BCUT2D eigenvalue weighted by Crippen LogP contribution is 2.10. The standard InChI is InChI=1S/C5H12S2/c1-3-5(7)4(2)6/h4-7H,3H2,1-2H3. The van der Waals surface area contributed by atoms with Crippen molar-refractivity contribution in [3.05, 3.63) is 0 Å². The Morgan fingerprint density at radius 3 is 1.86 bits per heavy atom. The van der Waals surface area contributed by atoms with Gasteiger partial charge in [0, 0.05) is 10.5 Å². The fourth-order valence-corrected chi connectivity index (χ4v) is 0.552. The van der Waals surface area contributed by atoms with E-state index < -0.39 is 0 Å². The Bertz CT molecular complexity index is 43.3. The quantitative estimate of drug-likeness (QED) is 0.533. The fourth-order valence-electron chi connectivity index (χ4n) is 0.341. The summed E-state index contributed by atoms with van der Waals surface area (Å²) in [5.74, 6) is 0. The van der Waals surface area contributed by atoms with Crippen LogP contribution < -0.4 is 0 Å². The van der Waals surface area contributed by atoms with E-state index in [0.717, 1.165) is 6.42 Å². The predicted octanol–water partition coefficient (Wildman–Crippen LogP) is 2.01. The molecule has 0 saturated carbocycles. The van der Waals surface area contributed by atoms with Crippen molar-refractivity contribution in [2.45, 2.75) is 30.8 Å². The summed E-state index contributed by atoms with van der Waals surface area (Å²) in [6.45, 7) is 4.18. The van der Waals surface area contributed by atoms with Gasteiger partial charge in [0.05, 0.1) is 0 Å². The van der Waals surface area contributed by atoms with Gasteiger partial charge < -0.3 is 0 Å². The van der Waals surface area contributed by atoms with Gasteiger partial charge in [-0.25, -0.2) is 0 Å². The summed E-state index contributed by atoms with van der Waals surface area (Å²) in [5.41, 5.74) is 0. The zero-order chi connectivity index (χ0) is 5.86. The number of rotatable bonds is 2. The molecule has 2 heteroatoms. The Morgan fingerprint density at radius 2 is 1.86 bits per heavy atom. The normalized spacial score (nSPS) is 18.9. The van der Waals surface area contributed by atoms with Crippen LogP contribution in [0.5, 0.6) is 0 Å². The second kappa shape index (κ2) is 3.67. The Morgan fingerprint density at radius 1 is 1.43 bits per heavy atom. The molecule has 0 aromatic heterocycles. The van der Waals surface area contributed by atoms with E-state index in [1.807, 2.05) is 0 Å². The van der Waals surface area contributed by atoms with Gasteiger partial charge >= 0.3 is 0 Å². The van der Waals surface area contributed by atoms with Crippen molar-refractivity contribution >= 4 is 25.3 Å². The summed E-state index contributed by atoms with van der Waals surface area (Å²) in [7, 11) is 0. The van der Waals surface area contributed by atoms with Crippen molar-refractivity contribution in [2.75, 3.05) is 0 Å². The first-order chi connectivity index (χ1) is 3.18. The van der Waals surface area contributed by atoms with Crippen LogP contribution in [0.3, 0.4) is 0 Å². The van der Waals surface area contributed by atoms with E-state index >= 15 is 0 Å². The van der Waals surface area contributed by atoms with Crippen molar-refractivity contribution in [2.24, 2.45) is 0 Å². The van der Waals surface area contributed by atoms with Crippen LogP contribution in [-0.2, 0) is 0 Å². The zero-order valence-electron chi connectivity index (χ0n) is 4.76. The maximum Gasteiger partial charge on any atom is 0.0128 e. The van der Waals surface area contributed by atoms with Crippen molar-refractivity contribution in [3.63, 3.8) is 0 Å². The predicted molar refractivity (Wildman–Crippen MR) is 41.5 cm³/mol. The molecule has 0 aliphatic rings. The van der Waals surface area contributed by atoms with E-state index in [1.54, 1.807) is 0 Å². The van der Waals surface area contributed by atoms with E-state index in [0.29, 0.717) is 10.5 Å². The lowest BCUT2D eigenvalue weighted by molar-refractivity contribution is 0.818. The van der Waals surface area contributed by atoms with Crippen LogP contribution in [0.4, 0.5) is 0 Å². The molecule has 0 aromatic rings. The molecule has 0 aromatic carbocycles. The molecule has 0 amide bonds. The molecule has 0 rings (SSSR count).